The average molecular weight is 463 g/mol. The molecule has 1 N–H and O–H groups in total. The Labute approximate surface area is 189 Å². The van der Waals surface area contributed by atoms with Crippen LogP contribution in [0.25, 0.3) is 10.8 Å². The number of benzene rings is 4. The van der Waals surface area contributed by atoms with E-state index in [2.05, 4.69) is 4.72 Å². The normalized spacial score (nSPS) is 13.5. The standard InChI is InChI=1S/C24H15ClN2O4S/c25-15-9-11-16(12-10-15)26-32(30,31)22-14-13-21(17-5-1-2-6-18(17)22)27-23(28)19-7-3-4-8-20(19)24(27)29/h1-14,26H. The second kappa shape index (κ2) is 7.47. The lowest BCUT2D eigenvalue weighted by Gasteiger charge is -2.18. The van der Waals surface area contributed by atoms with Crippen molar-refractivity contribution in [3.05, 3.63) is 101 Å². The van der Waals surface area contributed by atoms with Gasteiger partial charge in [-0.1, -0.05) is 48.0 Å². The van der Waals surface area contributed by atoms with Crippen molar-refractivity contribution < 1.29 is 18.0 Å². The number of hydrogen-bond acceptors (Lipinski definition) is 4. The second-order valence-electron chi connectivity index (χ2n) is 7.23. The number of carbonyl (C=O) groups excluding carboxylic acids is 2. The van der Waals surface area contributed by atoms with Gasteiger partial charge in [-0.2, -0.15) is 0 Å². The van der Waals surface area contributed by atoms with Gasteiger partial charge in [0, 0.05) is 21.5 Å². The molecule has 0 aromatic heterocycles. The summed E-state index contributed by atoms with van der Waals surface area (Å²) in [6.45, 7) is 0. The number of carbonyl (C=O) groups is 2. The fourth-order valence-corrected chi connectivity index (χ4v) is 5.22. The highest BCUT2D eigenvalue weighted by molar-refractivity contribution is 7.93. The smallest absolute Gasteiger partial charge is 0.266 e. The quantitative estimate of drug-likeness (QED) is 0.428. The van der Waals surface area contributed by atoms with Crippen molar-refractivity contribution in [1.29, 1.82) is 0 Å². The summed E-state index contributed by atoms with van der Waals surface area (Å²) in [4.78, 5) is 27.1. The summed E-state index contributed by atoms with van der Waals surface area (Å²) in [6.07, 6.45) is 0. The summed E-state index contributed by atoms with van der Waals surface area (Å²) in [5.74, 6) is -0.878. The predicted molar refractivity (Wildman–Crippen MR) is 124 cm³/mol. The van der Waals surface area contributed by atoms with Crippen LogP contribution in [0.4, 0.5) is 11.4 Å². The van der Waals surface area contributed by atoms with Crippen LogP contribution in [-0.2, 0) is 10.0 Å². The third kappa shape index (κ3) is 3.23. The van der Waals surface area contributed by atoms with Crippen molar-refractivity contribution in [2.75, 3.05) is 9.62 Å². The summed E-state index contributed by atoms with van der Waals surface area (Å²) >= 11 is 5.88. The van der Waals surface area contributed by atoms with Crippen LogP contribution in [0.15, 0.2) is 89.8 Å². The fraction of sp³-hybridized carbons (Fsp3) is 0. The molecule has 0 atom stereocenters. The van der Waals surface area contributed by atoms with Crippen LogP contribution >= 0.6 is 11.6 Å². The van der Waals surface area contributed by atoms with Crippen molar-refractivity contribution in [3.63, 3.8) is 0 Å². The highest BCUT2D eigenvalue weighted by atomic mass is 35.5. The zero-order valence-corrected chi connectivity index (χ0v) is 18.0. The first-order valence-corrected chi connectivity index (χ1v) is 11.5. The summed E-state index contributed by atoms with van der Waals surface area (Å²) in [6, 6.07) is 22.6. The van der Waals surface area contributed by atoms with Gasteiger partial charge in [-0.05, 0) is 48.5 Å². The van der Waals surface area contributed by atoms with E-state index in [0.717, 1.165) is 4.90 Å². The van der Waals surface area contributed by atoms with Crippen LogP contribution in [0.3, 0.4) is 0 Å². The van der Waals surface area contributed by atoms with E-state index in [1.165, 1.54) is 12.1 Å². The zero-order chi connectivity index (χ0) is 22.5. The Bertz CT molecular complexity index is 1480. The van der Waals surface area contributed by atoms with Crippen molar-refractivity contribution in [2.24, 2.45) is 0 Å². The van der Waals surface area contributed by atoms with Crippen LogP contribution in [0.1, 0.15) is 20.7 Å². The molecule has 0 saturated carbocycles. The molecule has 32 heavy (non-hydrogen) atoms. The van der Waals surface area contributed by atoms with Crippen molar-refractivity contribution in [1.82, 2.24) is 0 Å². The maximum Gasteiger partial charge on any atom is 0.266 e. The number of anilines is 2. The maximum atomic E-state index is 13.1. The van der Waals surface area contributed by atoms with Gasteiger partial charge in [-0.25, -0.2) is 13.3 Å². The molecule has 0 unspecified atom stereocenters. The Kier molecular flexibility index (Phi) is 4.73. The molecule has 4 aromatic rings. The molecule has 158 valence electrons. The zero-order valence-electron chi connectivity index (χ0n) is 16.4. The van der Waals surface area contributed by atoms with E-state index in [1.807, 2.05) is 0 Å². The third-order valence-electron chi connectivity index (χ3n) is 5.28. The minimum Gasteiger partial charge on any atom is -0.280 e. The van der Waals surface area contributed by atoms with E-state index in [-0.39, 0.29) is 4.90 Å². The number of imide groups is 1. The van der Waals surface area contributed by atoms with E-state index < -0.39 is 21.8 Å². The van der Waals surface area contributed by atoms with Crippen molar-refractivity contribution >= 4 is 55.6 Å². The number of hydrogen-bond donors (Lipinski definition) is 1. The summed E-state index contributed by atoms with van der Waals surface area (Å²) in [7, 11) is -3.96. The van der Waals surface area contributed by atoms with Crippen molar-refractivity contribution in [2.45, 2.75) is 4.90 Å². The van der Waals surface area contributed by atoms with Crippen LogP contribution < -0.4 is 9.62 Å². The highest BCUT2D eigenvalue weighted by Crippen LogP contribution is 2.36. The Hall–Kier alpha value is -3.68. The molecule has 0 aliphatic carbocycles. The summed E-state index contributed by atoms with van der Waals surface area (Å²) < 4.78 is 28.8. The molecule has 0 bridgehead atoms. The van der Waals surface area contributed by atoms with E-state index in [4.69, 9.17) is 11.6 Å². The topological polar surface area (TPSA) is 83.6 Å². The molecule has 1 heterocycles. The first-order valence-electron chi connectivity index (χ1n) is 9.65. The van der Waals surface area contributed by atoms with Gasteiger partial charge in [-0.15, -0.1) is 0 Å². The Morgan fingerprint density at radius 1 is 0.688 bits per heavy atom. The highest BCUT2D eigenvalue weighted by Gasteiger charge is 2.37. The molecule has 4 aromatic carbocycles. The molecular weight excluding hydrogens is 448 g/mol. The lowest BCUT2D eigenvalue weighted by Crippen LogP contribution is -2.29. The molecule has 0 radical (unpaired) electrons. The Balaban J connectivity index is 1.62. The third-order valence-corrected chi connectivity index (χ3v) is 6.97. The minimum absolute atomic E-state index is 0.0309. The monoisotopic (exact) mass is 462 g/mol. The van der Waals surface area contributed by atoms with E-state index in [1.54, 1.807) is 72.8 Å². The predicted octanol–water partition coefficient (Wildman–Crippen LogP) is 5.09. The molecule has 2 amide bonds. The number of amides is 2. The van der Waals surface area contributed by atoms with Gasteiger partial charge in [0.25, 0.3) is 21.8 Å². The molecule has 0 spiro atoms. The lowest BCUT2D eigenvalue weighted by atomic mass is 10.1. The SMILES string of the molecule is O=C1c2ccccc2C(=O)N1c1ccc(S(=O)(=O)Nc2ccc(Cl)cc2)c2ccccc12. The lowest BCUT2D eigenvalue weighted by molar-refractivity contribution is 0.0926. The Morgan fingerprint density at radius 2 is 1.25 bits per heavy atom. The largest absolute Gasteiger partial charge is 0.280 e. The number of fused-ring (bicyclic) bond motifs is 2. The van der Waals surface area contributed by atoms with Gasteiger partial charge >= 0.3 is 0 Å². The molecule has 0 fully saturated rings. The first-order chi connectivity index (χ1) is 15.4. The molecule has 5 rings (SSSR count). The van der Waals surface area contributed by atoms with E-state index in [0.29, 0.717) is 38.3 Å². The Morgan fingerprint density at radius 3 is 1.88 bits per heavy atom. The summed E-state index contributed by atoms with van der Waals surface area (Å²) in [5, 5.41) is 1.35. The molecular formula is C24H15ClN2O4S. The molecule has 6 nitrogen and oxygen atoms in total. The first kappa shape index (κ1) is 20.2. The number of sulfonamides is 1. The fourth-order valence-electron chi connectivity index (χ4n) is 3.82. The van der Waals surface area contributed by atoms with Crippen LogP contribution in [0.5, 0.6) is 0 Å². The van der Waals surface area contributed by atoms with Gasteiger partial charge in [-0.3, -0.25) is 14.3 Å². The maximum absolute atomic E-state index is 13.1. The van der Waals surface area contributed by atoms with Crippen LogP contribution in [0.2, 0.25) is 5.02 Å². The van der Waals surface area contributed by atoms with Gasteiger partial charge in [0.05, 0.1) is 21.7 Å². The van der Waals surface area contributed by atoms with E-state index >= 15 is 0 Å². The second-order valence-corrected chi connectivity index (χ2v) is 9.32. The number of nitrogens with zero attached hydrogens (tertiary/aromatic N) is 1. The molecule has 1 aliphatic rings. The number of halogens is 1. The molecule has 1 aliphatic heterocycles. The van der Waals surface area contributed by atoms with Gasteiger partial charge < -0.3 is 0 Å². The number of rotatable bonds is 4. The van der Waals surface area contributed by atoms with Crippen LogP contribution in [-0.4, -0.2) is 20.2 Å². The van der Waals surface area contributed by atoms with E-state index in [9.17, 15) is 18.0 Å². The van der Waals surface area contributed by atoms with Crippen molar-refractivity contribution in [3.8, 4) is 0 Å². The number of nitrogens with one attached hydrogen (secondary N) is 1. The van der Waals surface area contributed by atoms with Crippen LogP contribution in [0, 0.1) is 0 Å². The van der Waals surface area contributed by atoms with Gasteiger partial charge in [0.2, 0.25) is 0 Å². The average Bonchev–Trinajstić information content (AvgIpc) is 3.05. The molecule has 8 heteroatoms. The molecule has 0 saturated heterocycles. The van der Waals surface area contributed by atoms with Gasteiger partial charge in [0.15, 0.2) is 0 Å². The van der Waals surface area contributed by atoms with Gasteiger partial charge in [0.1, 0.15) is 0 Å². The minimum atomic E-state index is -3.96. The summed E-state index contributed by atoms with van der Waals surface area (Å²) in [5.41, 5.74) is 1.34.